The van der Waals surface area contributed by atoms with Crippen molar-refractivity contribution < 1.29 is 13.9 Å². The molecule has 0 atom stereocenters. The van der Waals surface area contributed by atoms with Gasteiger partial charge in [-0.2, -0.15) is 0 Å². The number of para-hydroxylation sites is 1. The lowest BCUT2D eigenvalue weighted by atomic mass is 10.0. The van der Waals surface area contributed by atoms with Crippen LogP contribution in [0.1, 0.15) is 19.8 Å². The fourth-order valence-corrected chi connectivity index (χ4v) is 4.82. The van der Waals surface area contributed by atoms with E-state index in [2.05, 4.69) is 20.9 Å². The summed E-state index contributed by atoms with van der Waals surface area (Å²) in [6, 6.07) is 14.5. The van der Waals surface area contributed by atoms with Crippen molar-refractivity contribution in [1.29, 1.82) is 0 Å². The molecule has 2 aromatic carbocycles. The lowest BCUT2D eigenvalue weighted by molar-refractivity contribution is 0.0904. The van der Waals surface area contributed by atoms with Gasteiger partial charge >= 0.3 is 6.03 Å². The second-order valence-corrected chi connectivity index (χ2v) is 9.43. The molecule has 0 spiro atoms. The fraction of sp³-hybridized carbons (Fsp3) is 0.250. The van der Waals surface area contributed by atoms with Crippen molar-refractivity contribution in [2.75, 3.05) is 29.2 Å². The molecule has 196 valence electrons. The predicted octanol–water partition coefficient (Wildman–Crippen LogP) is 6.11. The molecule has 2 amide bonds. The van der Waals surface area contributed by atoms with E-state index in [1.165, 1.54) is 6.07 Å². The number of nitrogens with one attached hydrogen (secondary N) is 3. The summed E-state index contributed by atoms with van der Waals surface area (Å²) in [4.78, 5) is 30.6. The number of rotatable bonds is 6. The normalized spacial score (nSPS) is 13.9. The molecule has 0 saturated carbocycles. The maximum Gasteiger partial charge on any atom is 0.323 e. The Kier molecular flexibility index (Phi) is 7.57. The van der Waals surface area contributed by atoms with Crippen molar-refractivity contribution in [3.05, 3.63) is 82.0 Å². The van der Waals surface area contributed by atoms with E-state index in [0.29, 0.717) is 36.8 Å². The Morgan fingerprint density at radius 1 is 1.11 bits per heavy atom. The number of halogens is 2. The van der Waals surface area contributed by atoms with Gasteiger partial charge in [-0.05, 0) is 50.1 Å². The summed E-state index contributed by atoms with van der Waals surface area (Å²) >= 11 is 6.40. The van der Waals surface area contributed by atoms with E-state index < -0.39 is 11.8 Å². The van der Waals surface area contributed by atoms with Gasteiger partial charge in [0.2, 0.25) is 0 Å². The largest absolute Gasteiger partial charge is 0.381 e. The average molecular weight is 536 g/mol. The highest BCUT2D eigenvalue weighted by Crippen LogP contribution is 2.33. The first-order valence-corrected chi connectivity index (χ1v) is 12.8. The summed E-state index contributed by atoms with van der Waals surface area (Å²) in [5.74, 6) is -0.0291. The third-order valence-electron chi connectivity index (χ3n) is 6.49. The van der Waals surface area contributed by atoms with Crippen molar-refractivity contribution in [3.63, 3.8) is 0 Å². The molecular weight excluding hydrogens is 509 g/mol. The number of hydrogen-bond donors (Lipinski definition) is 3. The second kappa shape index (κ2) is 11.2. The fourth-order valence-electron chi connectivity index (χ4n) is 4.57. The Morgan fingerprint density at radius 2 is 1.87 bits per heavy atom. The van der Waals surface area contributed by atoms with Crippen LogP contribution in [-0.4, -0.2) is 34.8 Å². The van der Waals surface area contributed by atoms with Crippen LogP contribution in [0.5, 0.6) is 0 Å². The van der Waals surface area contributed by atoms with Crippen molar-refractivity contribution in [1.82, 2.24) is 9.55 Å². The number of hydrogen-bond acceptors (Lipinski definition) is 5. The number of urea groups is 1. The molecule has 0 radical (unpaired) electrons. The molecular formula is C28H27ClFN5O3. The van der Waals surface area contributed by atoms with Gasteiger partial charge in [0.15, 0.2) is 0 Å². The molecule has 38 heavy (non-hydrogen) atoms. The molecule has 10 heteroatoms. The van der Waals surface area contributed by atoms with Crippen molar-refractivity contribution >= 4 is 45.7 Å². The predicted molar refractivity (Wildman–Crippen MR) is 149 cm³/mol. The first-order valence-electron chi connectivity index (χ1n) is 12.4. The topological polar surface area (TPSA) is 97.3 Å². The van der Waals surface area contributed by atoms with Crippen LogP contribution in [-0.2, 0) is 11.3 Å². The van der Waals surface area contributed by atoms with Crippen molar-refractivity contribution in [2.24, 2.45) is 0 Å². The number of carbonyl (C=O) groups excluding carboxylic acids is 1. The number of fused-ring (bicyclic) bond motifs is 1. The van der Waals surface area contributed by atoms with Crippen LogP contribution in [0.3, 0.4) is 0 Å². The third kappa shape index (κ3) is 5.49. The zero-order chi connectivity index (χ0) is 26.6. The van der Waals surface area contributed by atoms with Crippen LogP contribution in [0.2, 0.25) is 5.02 Å². The minimum Gasteiger partial charge on any atom is -0.381 e. The number of ether oxygens (including phenoxy) is 1. The van der Waals surface area contributed by atoms with Gasteiger partial charge in [0.05, 0.1) is 16.2 Å². The van der Waals surface area contributed by atoms with Gasteiger partial charge in [-0.25, -0.2) is 14.2 Å². The van der Waals surface area contributed by atoms with Gasteiger partial charge in [-0.1, -0.05) is 29.8 Å². The summed E-state index contributed by atoms with van der Waals surface area (Å²) < 4.78 is 21.8. The first-order chi connectivity index (χ1) is 18.4. The van der Waals surface area contributed by atoms with E-state index in [0.717, 1.165) is 29.8 Å². The maximum absolute atomic E-state index is 14.7. The zero-order valence-corrected chi connectivity index (χ0v) is 21.5. The number of aryl methyl sites for hydroxylation is 1. The molecule has 1 aliphatic heterocycles. The molecule has 0 unspecified atom stereocenters. The van der Waals surface area contributed by atoms with Gasteiger partial charge < -0.3 is 25.3 Å². The summed E-state index contributed by atoms with van der Waals surface area (Å²) in [6.07, 6.45) is 3.49. The number of amides is 2. The number of nitrogens with zero attached hydrogens (tertiary/aromatic N) is 2. The lowest BCUT2D eigenvalue weighted by Crippen LogP contribution is -2.28. The van der Waals surface area contributed by atoms with Gasteiger partial charge in [-0.3, -0.25) is 4.79 Å². The summed E-state index contributed by atoms with van der Waals surface area (Å²) in [7, 11) is 0. The van der Waals surface area contributed by atoms with E-state index in [1.807, 2.05) is 19.1 Å². The van der Waals surface area contributed by atoms with Crippen LogP contribution in [0.15, 0.2) is 65.6 Å². The molecule has 3 N–H and O–H groups in total. The smallest absolute Gasteiger partial charge is 0.323 e. The Morgan fingerprint density at radius 3 is 2.61 bits per heavy atom. The SMILES string of the molecule is CCn1c(=O)c(-c2cc(NC(=O)Nc3ccccc3)c(F)cc2Cl)cc2cnc(NC3CCOCC3)cc21. The molecule has 8 nitrogen and oxygen atoms in total. The first kappa shape index (κ1) is 25.7. The standard InChI is InChI=1S/C28H27ClFN5O3/c1-2-35-25-15-26(32-19-8-10-38-11-9-19)31-16-17(25)12-21(27(35)36)20-13-24(23(30)14-22(20)29)34-28(37)33-18-6-4-3-5-7-18/h3-7,12-16,19H,2,8-11H2,1H3,(H,31,32)(H2,33,34,37). The molecule has 5 rings (SSSR count). The molecule has 0 aliphatic carbocycles. The molecule has 1 saturated heterocycles. The average Bonchev–Trinajstić information content (AvgIpc) is 2.91. The highest BCUT2D eigenvalue weighted by Gasteiger charge is 2.19. The second-order valence-electron chi connectivity index (χ2n) is 9.02. The highest BCUT2D eigenvalue weighted by molar-refractivity contribution is 6.33. The molecule has 4 aromatic rings. The molecule has 2 aromatic heterocycles. The van der Waals surface area contributed by atoms with E-state index in [1.54, 1.807) is 41.1 Å². The maximum atomic E-state index is 14.7. The molecule has 0 bridgehead atoms. The van der Waals surface area contributed by atoms with Gasteiger partial charge in [0.25, 0.3) is 5.56 Å². The monoisotopic (exact) mass is 535 g/mol. The Bertz CT molecular complexity index is 1540. The molecule has 3 heterocycles. The number of aromatic nitrogens is 2. The highest BCUT2D eigenvalue weighted by atomic mass is 35.5. The van der Waals surface area contributed by atoms with Crippen LogP contribution in [0.25, 0.3) is 22.0 Å². The molecule has 1 fully saturated rings. The molecule has 1 aliphatic rings. The lowest BCUT2D eigenvalue weighted by Gasteiger charge is -2.24. The van der Waals surface area contributed by atoms with Crippen LogP contribution < -0.4 is 21.5 Å². The van der Waals surface area contributed by atoms with E-state index in [-0.39, 0.29) is 27.9 Å². The van der Waals surface area contributed by atoms with E-state index in [9.17, 15) is 14.0 Å². The van der Waals surface area contributed by atoms with E-state index >= 15 is 0 Å². The number of benzene rings is 2. The zero-order valence-electron chi connectivity index (χ0n) is 20.8. The van der Waals surface area contributed by atoms with Crippen molar-refractivity contribution in [3.8, 4) is 11.1 Å². The Labute approximate surface area is 223 Å². The van der Waals surface area contributed by atoms with Gasteiger partial charge in [0.1, 0.15) is 11.6 Å². The Balaban J connectivity index is 1.49. The van der Waals surface area contributed by atoms with E-state index in [4.69, 9.17) is 16.3 Å². The number of pyridine rings is 2. The Hall–Kier alpha value is -3.95. The minimum atomic E-state index is -0.718. The van der Waals surface area contributed by atoms with Crippen molar-refractivity contribution in [2.45, 2.75) is 32.4 Å². The number of anilines is 3. The number of carbonyl (C=O) groups is 1. The summed E-state index contributed by atoms with van der Waals surface area (Å²) in [6.45, 7) is 3.70. The van der Waals surface area contributed by atoms with Gasteiger partial charge in [-0.15, -0.1) is 0 Å². The van der Waals surface area contributed by atoms with Crippen LogP contribution in [0, 0.1) is 5.82 Å². The summed E-state index contributed by atoms with van der Waals surface area (Å²) in [5.41, 5.74) is 1.48. The quantitative estimate of drug-likeness (QED) is 0.277. The van der Waals surface area contributed by atoms with Gasteiger partial charge in [0, 0.05) is 60.3 Å². The van der Waals surface area contributed by atoms with Crippen LogP contribution >= 0.6 is 11.6 Å². The van der Waals surface area contributed by atoms with Crippen LogP contribution in [0.4, 0.5) is 26.4 Å². The summed E-state index contributed by atoms with van der Waals surface area (Å²) in [5, 5.41) is 9.37. The minimum absolute atomic E-state index is 0.0568. The third-order valence-corrected chi connectivity index (χ3v) is 6.81.